The van der Waals surface area contributed by atoms with Gasteiger partial charge in [-0.2, -0.15) is 5.10 Å². The van der Waals surface area contributed by atoms with Gasteiger partial charge in [0, 0.05) is 19.8 Å². The summed E-state index contributed by atoms with van der Waals surface area (Å²) in [6, 6.07) is 0. The summed E-state index contributed by atoms with van der Waals surface area (Å²) in [7, 11) is 3.58. The van der Waals surface area contributed by atoms with Crippen LogP contribution in [0, 0.1) is 5.92 Å². The molecular weight excluding hydrogens is 293 g/mol. The number of allylic oxidation sites excluding steroid dienone is 2. The van der Waals surface area contributed by atoms with Gasteiger partial charge in [0.05, 0.1) is 11.2 Å². The Morgan fingerprint density at radius 1 is 1.30 bits per heavy atom. The largest absolute Gasteiger partial charge is 0.293 e. The SMILES string of the molecule is C=C(Cl)/C=N\N(C)/C(Cl)=C\C(CC1CCCCC1)=N/C. The number of hydrogen-bond acceptors (Lipinski definition) is 3. The third-order valence-electron chi connectivity index (χ3n) is 3.48. The highest BCUT2D eigenvalue weighted by molar-refractivity contribution is 6.38. The van der Waals surface area contributed by atoms with Crippen molar-refractivity contribution in [1.29, 1.82) is 0 Å². The van der Waals surface area contributed by atoms with E-state index in [2.05, 4.69) is 16.7 Å². The molecule has 0 aromatic heterocycles. The second kappa shape index (κ2) is 9.19. The van der Waals surface area contributed by atoms with Crippen LogP contribution in [0.4, 0.5) is 0 Å². The number of hydrogen-bond donors (Lipinski definition) is 0. The fourth-order valence-electron chi connectivity index (χ4n) is 2.34. The van der Waals surface area contributed by atoms with Crippen LogP contribution in [0.25, 0.3) is 0 Å². The van der Waals surface area contributed by atoms with E-state index in [1.807, 2.05) is 13.1 Å². The average molecular weight is 316 g/mol. The minimum Gasteiger partial charge on any atom is -0.293 e. The summed E-state index contributed by atoms with van der Waals surface area (Å²) in [6.45, 7) is 3.54. The highest BCUT2D eigenvalue weighted by atomic mass is 35.5. The lowest BCUT2D eigenvalue weighted by Gasteiger charge is -2.21. The van der Waals surface area contributed by atoms with Crippen LogP contribution < -0.4 is 0 Å². The molecular formula is C15H23Cl2N3. The van der Waals surface area contributed by atoms with Gasteiger partial charge in [-0.3, -0.25) is 10.0 Å². The van der Waals surface area contributed by atoms with Gasteiger partial charge >= 0.3 is 0 Å². The zero-order valence-corrected chi connectivity index (χ0v) is 13.8. The first-order valence-electron chi connectivity index (χ1n) is 6.98. The molecule has 3 nitrogen and oxygen atoms in total. The normalized spacial score (nSPS) is 18.6. The maximum atomic E-state index is 6.23. The van der Waals surface area contributed by atoms with E-state index in [1.54, 1.807) is 12.1 Å². The quantitative estimate of drug-likeness (QED) is 0.394. The number of hydrazone groups is 1. The smallest absolute Gasteiger partial charge is 0.126 e. The van der Waals surface area contributed by atoms with Crippen molar-refractivity contribution in [3.05, 3.63) is 22.8 Å². The molecule has 1 saturated carbocycles. The Kier molecular flexibility index (Phi) is 7.93. The van der Waals surface area contributed by atoms with Crippen LogP contribution in [-0.2, 0) is 0 Å². The molecule has 1 aliphatic carbocycles. The lowest BCUT2D eigenvalue weighted by atomic mass is 9.85. The molecule has 112 valence electrons. The van der Waals surface area contributed by atoms with Crippen LogP contribution in [0.2, 0.25) is 0 Å². The third kappa shape index (κ3) is 6.58. The van der Waals surface area contributed by atoms with Gasteiger partial charge in [-0.25, -0.2) is 0 Å². The Bertz CT molecular complexity index is 407. The van der Waals surface area contributed by atoms with Crippen LogP contribution in [0.15, 0.2) is 32.9 Å². The third-order valence-corrected chi connectivity index (χ3v) is 3.93. The van der Waals surface area contributed by atoms with Crippen LogP contribution >= 0.6 is 23.2 Å². The van der Waals surface area contributed by atoms with E-state index in [9.17, 15) is 0 Å². The zero-order valence-electron chi connectivity index (χ0n) is 12.3. The van der Waals surface area contributed by atoms with Crippen molar-refractivity contribution in [2.45, 2.75) is 38.5 Å². The van der Waals surface area contributed by atoms with Crippen LogP contribution in [-0.4, -0.2) is 31.0 Å². The number of nitrogens with zero attached hydrogens (tertiary/aromatic N) is 3. The Morgan fingerprint density at radius 3 is 2.50 bits per heavy atom. The maximum absolute atomic E-state index is 6.23. The van der Waals surface area contributed by atoms with Crippen molar-refractivity contribution in [3.63, 3.8) is 0 Å². The molecule has 5 heteroatoms. The molecule has 20 heavy (non-hydrogen) atoms. The van der Waals surface area contributed by atoms with E-state index in [1.165, 1.54) is 38.3 Å². The first-order chi connectivity index (χ1) is 9.52. The van der Waals surface area contributed by atoms with Gasteiger partial charge in [0.15, 0.2) is 0 Å². The van der Waals surface area contributed by atoms with Crippen molar-refractivity contribution < 1.29 is 0 Å². The lowest BCUT2D eigenvalue weighted by molar-refractivity contribution is 0.368. The Hall–Kier alpha value is -0.800. The summed E-state index contributed by atoms with van der Waals surface area (Å²) in [5, 5.41) is 6.53. The zero-order chi connectivity index (χ0) is 15.0. The monoisotopic (exact) mass is 315 g/mol. The molecule has 1 aliphatic rings. The van der Waals surface area contributed by atoms with E-state index in [-0.39, 0.29) is 0 Å². The van der Waals surface area contributed by atoms with Crippen molar-refractivity contribution in [3.8, 4) is 0 Å². The van der Waals surface area contributed by atoms with Gasteiger partial charge in [-0.15, -0.1) is 0 Å². The molecule has 0 radical (unpaired) electrons. The second-order valence-corrected chi connectivity index (χ2v) is 5.98. The van der Waals surface area contributed by atoms with Gasteiger partial charge in [0.2, 0.25) is 0 Å². The topological polar surface area (TPSA) is 28.0 Å². The van der Waals surface area contributed by atoms with E-state index in [0.29, 0.717) is 10.2 Å². The molecule has 0 saturated heterocycles. The summed E-state index contributed by atoms with van der Waals surface area (Å²) >= 11 is 11.9. The van der Waals surface area contributed by atoms with Gasteiger partial charge in [-0.05, 0) is 18.4 Å². The van der Waals surface area contributed by atoms with E-state index in [0.717, 1.165) is 18.1 Å². The Balaban J connectivity index is 2.60. The van der Waals surface area contributed by atoms with E-state index < -0.39 is 0 Å². The molecule has 0 aliphatic heterocycles. The Labute approximate surface area is 132 Å². The summed E-state index contributed by atoms with van der Waals surface area (Å²) in [5.74, 6) is 0.736. The van der Waals surface area contributed by atoms with Crippen molar-refractivity contribution >= 4 is 35.1 Å². The van der Waals surface area contributed by atoms with Gasteiger partial charge in [-0.1, -0.05) is 61.9 Å². The molecule has 0 unspecified atom stereocenters. The summed E-state index contributed by atoms with van der Waals surface area (Å²) in [6.07, 6.45) is 11.0. The van der Waals surface area contributed by atoms with Gasteiger partial charge < -0.3 is 0 Å². The minimum atomic E-state index is 0.368. The Morgan fingerprint density at radius 2 is 1.95 bits per heavy atom. The van der Waals surface area contributed by atoms with Crippen molar-refractivity contribution in [1.82, 2.24) is 5.01 Å². The van der Waals surface area contributed by atoms with Crippen LogP contribution in [0.5, 0.6) is 0 Å². The van der Waals surface area contributed by atoms with Gasteiger partial charge in [0.25, 0.3) is 0 Å². The van der Waals surface area contributed by atoms with E-state index >= 15 is 0 Å². The molecule has 1 fully saturated rings. The second-order valence-electron chi connectivity index (χ2n) is 5.11. The molecule has 0 spiro atoms. The van der Waals surface area contributed by atoms with Crippen LogP contribution in [0.1, 0.15) is 38.5 Å². The predicted octanol–water partition coefficient (Wildman–Crippen LogP) is 4.78. The molecule has 0 atom stereocenters. The predicted molar refractivity (Wildman–Crippen MR) is 89.7 cm³/mol. The maximum Gasteiger partial charge on any atom is 0.126 e. The van der Waals surface area contributed by atoms with Crippen molar-refractivity contribution in [2.75, 3.05) is 14.1 Å². The summed E-state index contributed by atoms with van der Waals surface area (Å²) < 4.78 is 0. The van der Waals surface area contributed by atoms with E-state index in [4.69, 9.17) is 23.2 Å². The summed E-state index contributed by atoms with van der Waals surface area (Å²) in [5.41, 5.74) is 1.02. The fourth-order valence-corrected chi connectivity index (χ4v) is 2.55. The summed E-state index contributed by atoms with van der Waals surface area (Å²) in [4.78, 5) is 4.33. The minimum absolute atomic E-state index is 0.368. The van der Waals surface area contributed by atoms with Crippen molar-refractivity contribution in [2.24, 2.45) is 16.0 Å². The highest BCUT2D eigenvalue weighted by Crippen LogP contribution is 2.27. The number of aliphatic imine (C=N–C) groups is 1. The molecule has 1 rings (SSSR count). The average Bonchev–Trinajstić information content (AvgIpc) is 2.44. The molecule has 0 bridgehead atoms. The molecule has 0 N–H and O–H groups in total. The molecule has 0 heterocycles. The first-order valence-corrected chi connectivity index (χ1v) is 7.73. The number of halogens is 2. The molecule has 0 amide bonds. The van der Waals surface area contributed by atoms with Gasteiger partial charge in [0.1, 0.15) is 5.16 Å². The van der Waals surface area contributed by atoms with Crippen LogP contribution in [0.3, 0.4) is 0 Å². The molecule has 0 aromatic carbocycles. The number of rotatable bonds is 6. The standard InChI is InChI=1S/C15H23Cl2N3/c1-12(16)11-19-20(3)15(17)10-14(18-2)9-13-7-5-4-6-8-13/h10-11,13H,1,4-9H2,2-3H3/b15-10-,18-14-,19-11-. The highest BCUT2D eigenvalue weighted by Gasteiger charge is 2.15. The first kappa shape index (κ1) is 17.3. The molecule has 0 aromatic rings. The lowest BCUT2D eigenvalue weighted by Crippen LogP contribution is -2.13. The fraction of sp³-hybridized carbons (Fsp3) is 0.600.